The van der Waals surface area contributed by atoms with E-state index in [1.54, 1.807) is 11.3 Å². The maximum Gasteiger partial charge on any atom is 0.208 e. The summed E-state index contributed by atoms with van der Waals surface area (Å²) in [5, 5.41) is 3.32. The van der Waals surface area contributed by atoms with Gasteiger partial charge >= 0.3 is 0 Å². The molecule has 17 heavy (non-hydrogen) atoms. The number of sulfonamides is 1. The lowest BCUT2D eigenvalue weighted by atomic mass is 10.1. The van der Waals surface area contributed by atoms with E-state index >= 15 is 0 Å². The Kier molecular flexibility index (Phi) is 3.51. The van der Waals surface area contributed by atoms with Crippen molar-refractivity contribution in [2.45, 2.75) is 19.4 Å². The van der Waals surface area contributed by atoms with Gasteiger partial charge in [-0.2, -0.15) is 0 Å². The molecular formula is C12H15NO2S2. The van der Waals surface area contributed by atoms with Gasteiger partial charge in [0.2, 0.25) is 10.0 Å². The minimum Gasteiger partial charge on any atom is -0.213 e. The highest BCUT2D eigenvalue weighted by atomic mass is 32.2. The highest BCUT2D eigenvalue weighted by molar-refractivity contribution is 7.88. The topological polar surface area (TPSA) is 46.2 Å². The van der Waals surface area contributed by atoms with E-state index in [9.17, 15) is 8.42 Å². The van der Waals surface area contributed by atoms with E-state index in [4.69, 9.17) is 0 Å². The van der Waals surface area contributed by atoms with E-state index < -0.39 is 10.0 Å². The molecule has 0 saturated heterocycles. The summed E-state index contributed by atoms with van der Waals surface area (Å²) >= 11 is 1.70. The maximum atomic E-state index is 11.1. The molecule has 1 atom stereocenters. The van der Waals surface area contributed by atoms with Gasteiger partial charge in [-0.25, -0.2) is 13.1 Å². The highest BCUT2D eigenvalue weighted by Gasteiger charge is 2.11. The summed E-state index contributed by atoms with van der Waals surface area (Å²) in [6, 6.07) is 8.10. The fraction of sp³-hybridized carbons (Fsp3) is 0.333. The first kappa shape index (κ1) is 12.5. The van der Waals surface area contributed by atoms with Crippen molar-refractivity contribution < 1.29 is 8.42 Å². The molecule has 0 amide bonds. The van der Waals surface area contributed by atoms with Crippen molar-refractivity contribution >= 4 is 31.4 Å². The van der Waals surface area contributed by atoms with Gasteiger partial charge in [-0.3, -0.25) is 0 Å². The first-order valence-corrected chi connectivity index (χ1v) is 8.15. The predicted molar refractivity (Wildman–Crippen MR) is 73.0 cm³/mol. The van der Waals surface area contributed by atoms with Crippen molar-refractivity contribution in [1.82, 2.24) is 4.72 Å². The number of hydrogen-bond acceptors (Lipinski definition) is 3. The van der Waals surface area contributed by atoms with Crippen LogP contribution in [-0.2, 0) is 16.4 Å². The second-order valence-corrected chi connectivity index (χ2v) is 6.94. The number of nitrogens with one attached hydrogen (secondary N) is 1. The zero-order valence-corrected chi connectivity index (χ0v) is 11.4. The molecule has 1 heterocycles. The third-order valence-corrected chi connectivity index (χ3v) is 4.35. The highest BCUT2D eigenvalue weighted by Crippen LogP contribution is 2.26. The summed E-state index contributed by atoms with van der Waals surface area (Å²) in [6.07, 6.45) is 1.91. The molecule has 0 aliphatic rings. The largest absolute Gasteiger partial charge is 0.213 e. The van der Waals surface area contributed by atoms with Crippen LogP contribution < -0.4 is 4.72 Å². The third kappa shape index (κ3) is 3.28. The molecule has 0 aliphatic carbocycles. The number of fused-ring (bicyclic) bond motifs is 1. The quantitative estimate of drug-likeness (QED) is 0.926. The fourth-order valence-corrected chi connectivity index (χ4v) is 3.72. The standard InChI is InChI=1S/C12H15NO2S2/c1-9(13-17(2,14)15)7-10-8-16-12-6-4-3-5-11(10)12/h3-6,8-9,13H,7H2,1-2H3/t9-/m0/s1. The molecule has 0 fully saturated rings. The van der Waals surface area contributed by atoms with E-state index in [1.807, 2.05) is 19.1 Å². The summed E-state index contributed by atoms with van der Waals surface area (Å²) in [5.74, 6) is 0. The Bertz CT molecular complexity index is 616. The lowest BCUT2D eigenvalue weighted by molar-refractivity contribution is 0.566. The zero-order valence-electron chi connectivity index (χ0n) is 9.80. The Morgan fingerprint density at radius 1 is 1.35 bits per heavy atom. The molecule has 1 aromatic heterocycles. The molecule has 0 aliphatic heterocycles. The molecule has 2 rings (SSSR count). The van der Waals surface area contributed by atoms with E-state index in [1.165, 1.54) is 21.9 Å². The monoisotopic (exact) mass is 269 g/mol. The first-order chi connectivity index (χ1) is 7.96. The van der Waals surface area contributed by atoms with Crippen LogP contribution >= 0.6 is 11.3 Å². The van der Waals surface area contributed by atoms with Gasteiger partial charge in [0, 0.05) is 10.7 Å². The van der Waals surface area contributed by atoms with Gasteiger partial charge in [-0.05, 0) is 35.7 Å². The minimum atomic E-state index is -3.13. The summed E-state index contributed by atoms with van der Waals surface area (Å²) < 4.78 is 26.1. The van der Waals surface area contributed by atoms with Crippen molar-refractivity contribution in [3.8, 4) is 0 Å². The Hall–Kier alpha value is -0.910. The lowest BCUT2D eigenvalue weighted by Gasteiger charge is -2.11. The van der Waals surface area contributed by atoms with Gasteiger partial charge < -0.3 is 0 Å². The van der Waals surface area contributed by atoms with Crippen molar-refractivity contribution in [1.29, 1.82) is 0 Å². The van der Waals surface area contributed by atoms with Crippen molar-refractivity contribution in [3.05, 3.63) is 35.2 Å². The average Bonchev–Trinajstić information content (AvgIpc) is 2.59. The van der Waals surface area contributed by atoms with Crippen LogP contribution in [0.2, 0.25) is 0 Å². The van der Waals surface area contributed by atoms with Crippen molar-refractivity contribution in [3.63, 3.8) is 0 Å². The predicted octanol–water partition coefficient (Wildman–Crippen LogP) is 2.38. The number of thiophene rings is 1. The normalized spacial score (nSPS) is 14.0. The number of benzene rings is 1. The maximum absolute atomic E-state index is 11.1. The third-order valence-electron chi connectivity index (χ3n) is 2.50. The second-order valence-electron chi connectivity index (χ2n) is 4.25. The zero-order chi connectivity index (χ0) is 12.5. The van der Waals surface area contributed by atoms with Crippen LogP contribution in [0.15, 0.2) is 29.6 Å². The molecule has 1 aromatic carbocycles. The molecule has 0 spiro atoms. The van der Waals surface area contributed by atoms with Crippen LogP contribution in [-0.4, -0.2) is 20.7 Å². The molecule has 0 saturated carbocycles. The van der Waals surface area contributed by atoms with Gasteiger partial charge in [-0.15, -0.1) is 11.3 Å². The lowest BCUT2D eigenvalue weighted by Crippen LogP contribution is -2.33. The van der Waals surface area contributed by atoms with Crippen LogP contribution in [0.25, 0.3) is 10.1 Å². The molecule has 0 bridgehead atoms. The van der Waals surface area contributed by atoms with Crippen molar-refractivity contribution in [2.24, 2.45) is 0 Å². The van der Waals surface area contributed by atoms with E-state index in [0.717, 1.165) is 6.42 Å². The summed E-state index contributed by atoms with van der Waals surface area (Å²) in [7, 11) is -3.13. The molecule has 5 heteroatoms. The summed E-state index contributed by atoms with van der Waals surface area (Å²) in [6.45, 7) is 1.88. The molecular weight excluding hydrogens is 254 g/mol. The minimum absolute atomic E-state index is 0.0805. The molecule has 0 unspecified atom stereocenters. The fourth-order valence-electron chi connectivity index (χ4n) is 1.93. The summed E-state index contributed by atoms with van der Waals surface area (Å²) in [5.41, 5.74) is 1.20. The van der Waals surface area contributed by atoms with Gasteiger partial charge in [0.15, 0.2) is 0 Å². The van der Waals surface area contributed by atoms with Gasteiger partial charge in [-0.1, -0.05) is 18.2 Å². The van der Waals surface area contributed by atoms with Gasteiger partial charge in [0.1, 0.15) is 0 Å². The van der Waals surface area contributed by atoms with E-state index in [-0.39, 0.29) is 6.04 Å². The van der Waals surface area contributed by atoms with Crippen LogP contribution in [0.3, 0.4) is 0 Å². The smallest absolute Gasteiger partial charge is 0.208 e. The molecule has 0 radical (unpaired) electrons. The number of hydrogen-bond donors (Lipinski definition) is 1. The Labute approximate surface area is 106 Å². The van der Waals surface area contributed by atoms with Crippen molar-refractivity contribution in [2.75, 3.05) is 6.26 Å². The van der Waals surface area contributed by atoms with Crippen LogP contribution in [0.1, 0.15) is 12.5 Å². The number of rotatable bonds is 4. The van der Waals surface area contributed by atoms with Gasteiger partial charge in [0.25, 0.3) is 0 Å². The Balaban J connectivity index is 2.19. The molecule has 92 valence electrons. The summed E-state index contributed by atoms with van der Waals surface area (Å²) in [4.78, 5) is 0. The van der Waals surface area contributed by atoms with Crippen LogP contribution in [0, 0.1) is 0 Å². The first-order valence-electron chi connectivity index (χ1n) is 5.38. The average molecular weight is 269 g/mol. The molecule has 3 nitrogen and oxygen atoms in total. The SMILES string of the molecule is C[C@@H](Cc1csc2ccccc12)NS(C)(=O)=O. The Morgan fingerprint density at radius 3 is 2.76 bits per heavy atom. The second kappa shape index (κ2) is 4.76. The molecule has 2 aromatic rings. The van der Waals surface area contributed by atoms with Gasteiger partial charge in [0.05, 0.1) is 6.26 Å². The van der Waals surface area contributed by atoms with E-state index in [2.05, 4.69) is 22.2 Å². The Morgan fingerprint density at radius 2 is 2.06 bits per heavy atom. The van der Waals surface area contributed by atoms with E-state index in [0.29, 0.717) is 0 Å². The van der Waals surface area contributed by atoms with Crippen LogP contribution in [0.5, 0.6) is 0 Å². The van der Waals surface area contributed by atoms with Crippen LogP contribution in [0.4, 0.5) is 0 Å². The molecule has 1 N–H and O–H groups in total.